The van der Waals surface area contributed by atoms with Crippen molar-refractivity contribution < 1.29 is 29.6 Å². The summed E-state index contributed by atoms with van der Waals surface area (Å²) in [4.78, 5) is 27.1. The van der Waals surface area contributed by atoms with Crippen molar-refractivity contribution in [3.8, 4) is 6.01 Å². The van der Waals surface area contributed by atoms with Gasteiger partial charge in [-0.2, -0.15) is 4.98 Å². The Bertz CT molecular complexity index is 617. The number of aliphatic hydroxyl groups excluding tert-OH is 3. The number of carbonyl (C=O) groups is 1. The fraction of sp³-hybridized carbons (Fsp3) is 0.583. The number of aliphatic hydroxyl groups is 3. The molecule has 4 N–H and O–H groups in total. The molecule has 0 bridgehead atoms. The third-order valence-electron chi connectivity index (χ3n) is 3.36. The van der Waals surface area contributed by atoms with Crippen LogP contribution in [-0.2, 0) is 11.8 Å². The first kappa shape index (κ1) is 16.4. The predicted octanol–water partition coefficient (Wildman–Crippen LogP) is -2.55. The van der Waals surface area contributed by atoms with Crippen molar-refractivity contribution in [2.45, 2.75) is 24.5 Å². The number of hydrogen-bond donors (Lipinski definition) is 4. The zero-order valence-electron chi connectivity index (χ0n) is 12.0. The summed E-state index contributed by atoms with van der Waals surface area (Å²) in [6, 6.07) is -0.0519. The number of ether oxygens (including phenoxy) is 2. The van der Waals surface area contributed by atoms with Gasteiger partial charge in [0.05, 0.1) is 13.7 Å². The van der Waals surface area contributed by atoms with E-state index < -0.39 is 30.1 Å². The second kappa shape index (κ2) is 6.40. The molecule has 0 aliphatic carbocycles. The van der Waals surface area contributed by atoms with E-state index in [9.17, 15) is 24.9 Å². The molecule has 122 valence electrons. The van der Waals surface area contributed by atoms with Gasteiger partial charge >= 0.3 is 6.01 Å². The van der Waals surface area contributed by atoms with E-state index >= 15 is 0 Å². The third kappa shape index (κ3) is 2.81. The molecule has 0 amide bonds. The summed E-state index contributed by atoms with van der Waals surface area (Å²) in [5.41, 5.74) is -0.921. The Hall–Kier alpha value is -2.01. The topological polar surface area (TPSA) is 143 Å². The van der Waals surface area contributed by atoms with E-state index in [4.69, 9.17) is 9.47 Å². The van der Waals surface area contributed by atoms with Gasteiger partial charge in [-0.3, -0.25) is 14.2 Å². The van der Waals surface area contributed by atoms with Crippen molar-refractivity contribution in [1.82, 2.24) is 9.55 Å². The predicted molar refractivity (Wildman–Crippen MR) is 72.8 cm³/mol. The molecule has 4 atom stereocenters. The smallest absolute Gasteiger partial charge is 0.300 e. The minimum Gasteiger partial charge on any atom is -0.468 e. The first-order chi connectivity index (χ1) is 10.4. The lowest BCUT2D eigenvalue weighted by atomic mass is 10.0. The van der Waals surface area contributed by atoms with E-state index in [1.165, 1.54) is 14.2 Å². The molecule has 1 aliphatic heterocycles. The van der Waals surface area contributed by atoms with Gasteiger partial charge in [0.2, 0.25) is 0 Å². The van der Waals surface area contributed by atoms with Crippen LogP contribution in [0, 0.1) is 0 Å². The highest BCUT2D eigenvalue weighted by Crippen LogP contribution is 2.19. The molecule has 1 aromatic heterocycles. The second-order valence-electron chi connectivity index (χ2n) is 4.79. The summed E-state index contributed by atoms with van der Waals surface area (Å²) in [5.74, 6) is -0.150. The number of methoxy groups -OCH3 is 1. The van der Waals surface area contributed by atoms with E-state index in [0.29, 0.717) is 6.29 Å². The number of aldehydes is 1. The zero-order valence-corrected chi connectivity index (χ0v) is 12.0. The number of hydrogen-bond acceptors (Lipinski definition) is 9. The molecule has 0 aromatic carbocycles. The van der Waals surface area contributed by atoms with Crippen LogP contribution in [0.3, 0.4) is 0 Å². The van der Waals surface area contributed by atoms with Gasteiger partial charge in [-0.1, -0.05) is 0 Å². The van der Waals surface area contributed by atoms with E-state index in [2.05, 4.69) is 10.3 Å². The lowest BCUT2D eigenvalue weighted by Crippen LogP contribution is -2.55. The Balaban J connectivity index is 2.35. The fourth-order valence-electron chi connectivity index (χ4n) is 2.07. The fourth-order valence-corrected chi connectivity index (χ4v) is 2.07. The van der Waals surface area contributed by atoms with Crippen molar-refractivity contribution >= 4 is 12.1 Å². The maximum atomic E-state index is 12.0. The lowest BCUT2D eigenvalue weighted by Gasteiger charge is -2.35. The summed E-state index contributed by atoms with van der Waals surface area (Å²) >= 11 is 0. The minimum absolute atomic E-state index is 0.0519. The Labute approximate surface area is 124 Å². The van der Waals surface area contributed by atoms with Crippen molar-refractivity contribution in [3.05, 3.63) is 15.9 Å². The maximum absolute atomic E-state index is 12.0. The highest BCUT2D eigenvalue weighted by Gasteiger charge is 2.38. The van der Waals surface area contributed by atoms with Crippen LogP contribution >= 0.6 is 0 Å². The Morgan fingerprint density at radius 2 is 2.09 bits per heavy atom. The summed E-state index contributed by atoms with van der Waals surface area (Å²) in [7, 11) is 2.69. The standard InChI is InChI=1S/C12H17N3O7/c1-15-11(20)5(3-16)9(14-12(15)21-2)13-10-8(19)7(18)6(17)4-22-10/h3,6-8,10,13,17-19H,4H2,1-2H3/t6-,7-,8-,10+/m1/s1. The summed E-state index contributed by atoms with van der Waals surface area (Å²) in [5, 5.41) is 31.4. The molecule has 22 heavy (non-hydrogen) atoms. The number of nitrogens with zero attached hydrogens (tertiary/aromatic N) is 2. The molecular formula is C12H17N3O7. The minimum atomic E-state index is -1.47. The summed E-state index contributed by atoms with van der Waals surface area (Å²) in [6.45, 7) is -0.228. The van der Waals surface area contributed by atoms with Gasteiger partial charge in [0, 0.05) is 7.05 Å². The SMILES string of the molecule is COc1nc(N[C@H]2OC[C@@H](O)[C@@H](O)[C@H]2O)c(C=O)c(=O)n1C. The number of aromatic nitrogens is 2. The molecule has 1 fully saturated rings. The molecule has 0 radical (unpaired) electrons. The van der Waals surface area contributed by atoms with E-state index in [1.54, 1.807) is 0 Å². The van der Waals surface area contributed by atoms with Crippen molar-refractivity contribution in [3.63, 3.8) is 0 Å². The van der Waals surface area contributed by atoms with Gasteiger partial charge in [0.1, 0.15) is 29.7 Å². The molecule has 2 heterocycles. The molecular weight excluding hydrogens is 298 g/mol. The van der Waals surface area contributed by atoms with Gasteiger partial charge in [-0.25, -0.2) is 0 Å². The number of rotatable bonds is 4. The molecule has 1 aromatic rings. The number of anilines is 1. The quantitative estimate of drug-likeness (QED) is 0.441. The van der Waals surface area contributed by atoms with Crippen LogP contribution in [0.5, 0.6) is 6.01 Å². The molecule has 1 aliphatic rings. The van der Waals surface area contributed by atoms with Gasteiger partial charge < -0.3 is 30.1 Å². The van der Waals surface area contributed by atoms with Crippen LogP contribution in [0.2, 0.25) is 0 Å². The Morgan fingerprint density at radius 3 is 2.68 bits per heavy atom. The van der Waals surface area contributed by atoms with Gasteiger partial charge in [0.25, 0.3) is 5.56 Å². The van der Waals surface area contributed by atoms with Crippen molar-refractivity contribution in [2.24, 2.45) is 7.05 Å². The van der Waals surface area contributed by atoms with E-state index in [-0.39, 0.29) is 24.0 Å². The summed E-state index contributed by atoms with van der Waals surface area (Å²) in [6.07, 6.45) is -4.97. The normalized spacial score (nSPS) is 28.2. The van der Waals surface area contributed by atoms with Crippen LogP contribution in [-0.4, -0.2) is 69.4 Å². The van der Waals surface area contributed by atoms with Crippen molar-refractivity contribution in [2.75, 3.05) is 19.0 Å². The maximum Gasteiger partial charge on any atom is 0.300 e. The molecule has 10 nitrogen and oxygen atoms in total. The monoisotopic (exact) mass is 315 g/mol. The number of carbonyl (C=O) groups excluding carboxylic acids is 1. The van der Waals surface area contributed by atoms with Crippen LogP contribution in [0.4, 0.5) is 5.82 Å². The summed E-state index contributed by atoms with van der Waals surface area (Å²) < 4.78 is 11.1. The van der Waals surface area contributed by atoms with E-state index in [0.717, 1.165) is 4.57 Å². The van der Waals surface area contributed by atoms with Crippen LogP contribution < -0.4 is 15.6 Å². The second-order valence-corrected chi connectivity index (χ2v) is 4.79. The van der Waals surface area contributed by atoms with Gasteiger partial charge in [0.15, 0.2) is 12.5 Å². The van der Waals surface area contributed by atoms with Crippen LogP contribution in [0.15, 0.2) is 4.79 Å². The van der Waals surface area contributed by atoms with Crippen molar-refractivity contribution in [1.29, 1.82) is 0 Å². The van der Waals surface area contributed by atoms with Gasteiger partial charge in [-0.05, 0) is 0 Å². The highest BCUT2D eigenvalue weighted by atomic mass is 16.5. The first-order valence-electron chi connectivity index (χ1n) is 6.43. The average Bonchev–Trinajstić information content (AvgIpc) is 2.51. The molecule has 0 saturated carbocycles. The number of nitrogens with one attached hydrogen (secondary N) is 1. The largest absolute Gasteiger partial charge is 0.468 e. The molecule has 0 spiro atoms. The Morgan fingerprint density at radius 1 is 1.41 bits per heavy atom. The molecule has 2 rings (SSSR count). The van der Waals surface area contributed by atoms with E-state index in [1.807, 2.05) is 0 Å². The van der Waals surface area contributed by atoms with Gasteiger partial charge in [-0.15, -0.1) is 0 Å². The molecule has 10 heteroatoms. The average molecular weight is 315 g/mol. The first-order valence-corrected chi connectivity index (χ1v) is 6.43. The molecule has 1 saturated heterocycles. The van der Waals surface area contributed by atoms with Crippen LogP contribution in [0.1, 0.15) is 10.4 Å². The highest BCUT2D eigenvalue weighted by molar-refractivity contribution is 5.82. The third-order valence-corrected chi connectivity index (χ3v) is 3.36. The van der Waals surface area contributed by atoms with Crippen LogP contribution in [0.25, 0.3) is 0 Å². The molecule has 0 unspecified atom stereocenters. The lowest BCUT2D eigenvalue weighted by molar-refractivity contribution is -0.178. The zero-order chi connectivity index (χ0) is 16.4. The Kier molecular flexibility index (Phi) is 4.76.